The Morgan fingerprint density at radius 2 is 1.94 bits per heavy atom. The summed E-state index contributed by atoms with van der Waals surface area (Å²) in [5, 5.41) is 2.53. The topological polar surface area (TPSA) is 26.3 Å². The van der Waals surface area contributed by atoms with Gasteiger partial charge >= 0.3 is 116 Å². The molecule has 0 aliphatic carbocycles. The van der Waals surface area contributed by atoms with Crippen molar-refractivity contribution in [2.24, 2.45) is 0 Å². The Bertz CT molecular complexity index is 422. The molecular weight excluding hydrogens is 307 g/mol. The fraction of sp³-hybridized carbons (Fsp3) is 0.500. The molecule has 1 saturated heterocycles. The first kappa shape index (κ1) is 13.8. The normalized spacial score (nSPS) is 19.9. The number of rotatable bonds is 4. The van der Waals surface area contributed by atoms with E-state index in [0.717, 1.165) is 11.7 Å². The van der Waals surface area contributed by atoms with Crippen LogP contribution in [0.1, 0.15) is 12.8 Å². The summed E-state index contributed by atoms with van der Waals surface area (Å²) in [5.41, 5.74) is 0. The molecule has 2 nitrogen and oxygen atoms in total. The third kappa shape index (κ3) is 3.71. The molecule has 0 aromatic heterocycles. The second-order valence-corrected chi connectivity index (χ2v) is 13.1. The Morgan fingerprint density at radius 3 is 2.44 bits per heavy atom. The van der Waals surface area contributed by atoms with Gasteiger partial charge in [-0.2, -0.15) is 0 Å². The molecule has 0 bridgehead atoms. The quantitative estimate of drug-likeness (QED) is 0.621. The van der Waals surface area contributed by atoms with E-state index in [0.29, 0.717) is 21.4 Å². The number of esters is 1. The van der Waals surface area contributed by atoms with E-state index in [2.05, 4.69) is 43.9 Å². The molecule has 98 valence electrons. The number of ether oxygens (including phenoxy) is 1. The maximum atomic E-state index is 11.0. The molecule has 0 N–H and O–H groups in total. The molecule has 0 amide bonds. The molecule has 18 heavy (non-hydrogen) atoms. The predicted octanol–water partition coefficient (Wildman–Crippen LogP) is 1.69. The minimum atomic E-state index is -1.18. The summed E-state index contributed by atoms with van der Waals surface area (Å²) in [6.45, 7) is 7.10. The first-order valence-corrected chi connectivity index (χ1v) is 11.9. The Morgan fingerprint density at radius 1 is 1.28 bits per heavy atom. The average Bonchev–Trinajstić information content (AvgIpc) is 2.72. The molecule has 1 aromatic carbocycles. The van der Waals surface area contributed by atoms with Gasteiger partial charge < -0.3 is 0 Å². The first-order chi connectivity index (χ1) is 8.45. The van der Waals surface area contributed by atoms with Crippen molar-refractivity contribution in [2.75, 3.05) is 0 Å². The average molecular weight is 327 g/mol. The number of carbonyl (C=O) groups excluding carboxylic acids is 1. The molecule has 0 saturated carbocycles. The van der Waals surface area contributed by atoms with Crippen molar-refractivity contribution in [1.29, 1.82) is 0 Å². The van der Waals surface area contributed by atoms with Crippen LogP contribution in [0.25, 0.3) is 0 Å². The molecule has 0 radical (unpaired) electrons. The van der Waals surface area contributed by atoms with Crippen LogP contribution in [0.4, 0.5) is 0 Å². The molecule has 1 unspecified atom stereocenters. The molecule has 1 aliphatic heterocycles. The molecule has 2 rings (SSSR count). The van der Waals surface area contributed by atoms with E-state index >= 15 is 0 Å². The van der Waals surface area contributed by atoms with Crippen LogP contribution >= 0.6 is 0 Å². The monoisotopic (exact) mass is 328 g/mol. The van der Waals surface area contributed by atoms with Gasteiger partial charge in [0.05, 0.1) is 0 Å². The summed E-state index contributed by atoms with van der Waals surface area (Å²) < 4.78 is 6.65. The van der Waals surface area contributed by atoms with Gasteiger partial charge in [-0.15, -0.1) is 0 Å². The standard InChI is InChI=1S/C14H20O2SeSi/c1-18(2,3)13-7-5-12(6-8-13)17-10-11-4-9-14(15)16-11/h5-8,11H,4,9-10H2,1-3H3. The summed E-state index contributed by atoms with van der Waals surface area (Å²) in [7, 11) is -1.18. The SMILES string of the molecule is C[Si](C)(C)c1ccc([Se]CC2CCC(=O)O2)cc1. The zero-order valence-corrected chi connectivity index (χ0v) is 13.9. The Labute approximate surface area is 116 Å². The zero-order chi connectivity index (χ0) is 13.2. The van der Waals surface area contributed by atoms with Crippen LogP contribution in [0.3, 0.4) is 0 Å². The van der Waals surface area contributed by atoms with Crippen LogP contribution in [0, 0.1) is 0 Å². The van der Waals surface area contributed by atoms with Crippen LogP contribution in [-0.4, -0.2) is 35.1 Å². The summed E-state index contributed by atoms with van der Waals surface area (Å²) >= 11 is 0.424. The van der Waals surface area contributed by atoms with E-state index in [4.69, 9.17) is 4.74 Å². The van der Waals surface area contributed by atoms with Crippen LogP contribution in [0.5, 0.6) is 0 Å². The van der Waals surface area contributed by atoms with E-state index < -0.39 is 8.07 Å². The third-order valence-electron chi connectivity index (χ3n) is 3.12. The maximum absolute atomic E-state index is 11.0. The fourth-order valence-electron chi connectivity index (χ4n) is 1.94. The molecule has 4 heteroatoms. The van der Waals surface area contributed by atoms with Crippen LogP contribution < -0.4 is 9.65 Å². The fourth-order valence-corrected chi connectivity index (χ4v) is 5.08. The second kappa shape index (κ2) is 5.60. The summed E-state index contributed by atoms with van der Waals surface area (Å²) in [5.74, 6) is -0.0233. The summed E-state index contributed by atoms with van der Waals surface area (Å²) in [6.07, 6.45) is 1.69. The van der Waals surface area contributed by atoms with E-state index in [1.807, 2.05) is 0 Å². The number of carbonyl (C=O) groups is 1. The predicted molar refractivity (Wildman–Crippen MR) is 78.7 cm³/mol. The Kier molecular flexibility index (Phi) is 4.31. The van der Waals surface area contributed by atoms with Gasteiger partial charge in [0.15, 0.2) is 0 Å². The number of hydrogen-bond donors (Lipinski definition) is 0. The molecule has 1 heterocycles. The van der Waals surface area contributed by atoms with Gasteiger partial charge in [0.1, 0.15) is 0 Å². The minimum absolute atomic E-state index is 0.0233. The van der Waals surface area contributed by atoms with Crippen LogP contribution in [0.15, 0.2) is 24.3 Å². The van der Waals surface area contributed by atoms with Gasteiger partial charge in [-0.25, -0.2) is 0 Å². The van der Waals surface area contributed by atoms with E-state index in [9.17, 15) is 4.79 Å². The molecule has 1 aromatic rings. The van der Waals surface area contributed by atoms with Crippen molar-refractivity contribution in [3.8, 4) is 0 Å². The van der Waals surface area contributed by atoms with Gasteiger partial charge in [-0.05, 0) is 0 Å². The van der Waals surface area contributed by atoms with Crippen molar-refractivity contribution in [3.05, 3.63) is 24.3 Å². The molecule has 0 spiro atoms. The molecule has 1 aliphatic rings. The van der Waals surface area contributed by atoms with Crippen LogP contribution in [0.2, 0.25) is 25.0 Å². The van der Waals surface area contributed by atoms with E-state index in [1.54, 1.807) is 0 Å². The van der Waals surface area contributed by atoms with Crippen molar-refractivity contribution < 1.29 is 9.53 Å². The Hall–Kier alpha value is -0.574. The number of benzene rings is 1. The summed E-state index contributed by atoms with van der Waals surface area (Å²) in [4.78, 5) is 11.0. The number of hydrogen-bond acceptors (Lipinski definition) is 2. The number of cyclic esters (lactones) is 1. The zero-order valence-electron chi connectivity index (χ0n) is 11.2. The van der Waals surface area contributed by atoms with Gasteiger partial charge in [0.25, 0.3) is 0 Å². The van der Waals surface area contributed by atoms with Gasteiger partial charge in [-0.3, -0.25) is 0 Å². The second-order valence-electron chi connectivity index (χ2n) is 5.74. The van der Waals surface area contributed by atoms with Gasteiger partial charge in [-0.1, -0.05) is 0 Å². The molecule has 1 fully saturated rings. The first-order valence-electron chi connectivity index (χ1n) is 6.38. The Balaban J connectivity index is 1.89. The van der Waals surface area contributed by atoms with E-state index in [-0.39, 0.29) is 12.1 Å². The van der Waals surface area contributed by atoms with Crippen molar-refractivity contribution in [2.45, 2.75) is 43.9 Å². The van der Waals surface area contributed by atoms with Gasteiger partial charge in [0, 0.05) is 0 Å². The van der Waals surface area contributed by atoms with Crippen molar-refractivity contribution in [1.82, 2.24) is 0 Å². The van der Waals surface area contributed by atoms with Crippen molar-refractivity contribution in [3.63, 3.8) is 0 Å². The molecular formula is C14H20O2SeSi. The van der Waals surface area contributed by atoms with Gasteiger partial charge in [0.2, 0.25) is 0 Å². The molecule has 1 atom stereocenters. The summed E-state index contributed by atoms with van der Waals surface area (Å²) in [6, 6.07) is 9.07. The van der Waals surface area contributed by atoms with Crippen LogP contribution in [-0.2, 0) is 9.53 Å². The third-order valence-corrected chi connectivity index (χ3v) is 7.59. The van der Waals surface area contributed by atoms with Crippen molar-refractivity contribution >= 4 is 38.6 Å². The van der Waals surface area contributed by atoms with E-state index in [1.165, 1.54) is 9.65 Å².